The van der Waals surface area contributed by atoms with Crippen molar-refractivity contribution in [3.8, 4) is 11.5 Å². The molecule has 1 aromatic carbocycles. The number of nitrogens with zero attached hydrogens (tertiary/aromatic N) is 2. The summed E-state index contributed by atoms with van der Waals surface area (Å²) in [4.78, 5) is 28.7. The summed E-state index contributed by atoms with van der Waals surface area (Å²) in [6.07, 6.45) is 3.19. The second-order valence-corrected chi connectivity index (χ2v) is 8.50. The lowest BCUT2D eigenvalue weighted by Crippen LogP contribution is -2.57. The molecule has 1 fully saturated rings. The standard InChI is InChI=1S/C23H34N2O5/c1-5-29-19-13-17-9-12-25(21(26)15-24(3)4)23(18(17)14-20(19)30-6-2)10-7-16(8-11-23)22(27)28/h13-14,16H,5-12,15H2,1-4H3,(H,27,28). The van der Waals surface area contributed by atoms with E-state index in [4.69, 9.17) is 9.47 Å². The molecule has 1 saturated carbocycles. The van der Waals surface area contributed by atoms with Crippen LogP contribution in [0.3, 0.4) is 0 Å². The minimum absolute atomic E-state index is 0.0891. The van der Waals surface area contributed by atoms with Gasteiger partial charge in [-0.25, -0.2) is 0 Å². The maximum Gasteiger partial charge on any atom is 0.306 e. The van der Waals surface area contributed by atoms with Crippen molar-refractivity contribution in [2.75, 3.05) is 40.4 Å². The van der Waals surface area contributed by atoms with Gasteiger partial charge in [0.2, 0.25) is 5.91 Å². The number of ether oxygens (including phenoxy) is 2. The number of likely N-dealkylation sites (N-methyl/N-ethyl adjacent to an activating group) is 1. The van der Waals surface area contributed by atoms with Gasteiger partial charge in [0.1, 0.15) is 0 Å². The number of carboxylic acid groups (broad SMARTS) is 1. The van der Waals surface area contributed by atoms with E-state index in [9.17, 15) is 14.7 Å². The van der Waals surface area contributed by atoms with E-state index in [0.717, 1.165) is 17.7 Å². The SMILES string of the molecule is CCOc1cc2c(cc1OCC)C1(CCC(C(=O)O)CC1)N(C(=O)CN(C)C)CC2. The largest absolute Gasteiger partial charge is 0.490 e. The van der Waals surface area contributed by atoms with Gasteiger partial charge in [0.15, 0.2) is 11.5 Å². The highest BCUT2D eigenvalue weighted by atomic mass is 16.5. The molecule has 1 amide bonds. The number of benzene rings is 1. The number of hydrogen-bond donors (Lipinski definition) is 1. The summed E-state index contributed by atoms with van der Waals surface area (Å²) < 4.78 is 11.7. The van der Waals surface area contributed by atoms with Gasteiger partial charge >= 0.3 is 5.97 Å². The third kappa shape index (κ3) is 4.26. The Balaban J connectivity index is 2.06. The molecule has 0 bridgehead atoms. The summed E-state index contributed by atoms with van der Waals surface area (Å²) in [7, 11) is 3.79. The van der Waals surface area contributed by atoms with E-state index in [0.29, 0.717) is 57.7 Å². The van der Waals surface area contributed by atoms with Gasteiger partial charge in [-0.2, -0.15) is 0 Å². The molecule has 1 aliphatic carbocycles. The third-order valence-electron chi connectivity index (χ3n) is 6.31. The number of hydrogen-bond acceptors (Lipinski definition) is 5. The first kappa shape index (κ1) is 22.4. The van der Waals surface area contributed by atoms with Crippen LogP contribution in [-0.4, -0.2) is 67.2 Å². The summed E-state index contributed by atoms with van der Waals surface area (Å²) in [6.45, 7) is 5.95. The second-order valence-electron chi connectivity index (χ2n) is 8.50. The van der Waals surface area contributed by atoms with Crippen molar-refractivity contribution < 1.29 is 24.2 Å². The van der Waals surface area contributed by atoms with Crippen LogP contribution in [0.5, 0.6) is 11.5 Å². The Hall–Kier alpha value is -2.28. The summed E-state index contributed by atoms with van der Waals surface area (Å²) >= 11 is 0. The van der Waals surface area contributed by atoms with Crippen LogP contribution in [0.2, 0.25) is 0 Å². The second kappa shape index (κ2) is 9.25. The molecule has 2 aliphatic rings. The molecule has 7 nitrogen and oxygen atoms in total. The van der Waals surface area contributed by atoms with Gasteiger partial charge in [0.25, 0.3) is 0 Å². The predicted molar refractivity (Wildman–Crippen MR) is 114 cm³/mol. The highest BCUT2D eigenvalue weighted by Crippen LogP contribution is 2.50. The van der Waals surface area contributed by atoms with Gasteiger partial charge in [0, 0.05) is 6.54 Å². The number of carbonyl (C=O) groups is 2. The molecule has 0 saturated heterocycles. The number of carboxylic acids is 1. The fourth-order valence-corrected chi connectivity index (χ4v) is 4.97. The van der Waals surface area contributed by atoms with E-state index >= 15 is 0 Å². The first-order valence-electron chi connectivity index (χ1n) is 10.9. The Bertz CT molecular complexity index is 784. The Labute approximate surface area is 178 Å². The van der Waals surface area contributed by atoms with E-state index in [-0.39, 0.29) is 11.8 Å². The first-order chi connectivity index (χ1) is 14.3. The normalized spacial score (nSPS) is 23.4. The van der Waals surface area contributed by atoms with Gasteiger partial charge in [-0.1, -0.05) is 0 Å². The molecular formula is C23H34N2O5. The zero-order chi connectivity index (χ0) is 21.9. The molecule has 30 heavy (non-hydrogen) atoms. The van der Waals surface area contributed by atoms with Crippen LogP contribution in [0.25, 0.3) is 0 Å². The lowest BCUT2D eigenvalue weighted by molar-refractivity contribution is -0.147. The van der Waals surface area contributed by atoms with Crippen molar-refractivity contribution in [1.82, 2.24) is 9.80 Å². The molecule has 0 radical (unpaired) electrons. The van der Waals surface area contributed by atoms with Crippen LogP contribution in [0.1, 0.15) is 50.7 Å². The molecule has 166 valence electrons. The minimum atomic E-state index is -0.742. The van der Waals surface area contributed by atoms with E-state index in [1.54, 1.807) is 0 Å². The highest BCUT2D eigenvalue weighted by Gasteiger charge is 2.48. The van der Waals surface area contributed by atoms with Crippen molar-refractivity contribution in [1.29, 1.82) is 0 Å². The number of carbonyl (C=O) groups excluding carboxylic acids is 1. The zero-order valence-electron chi connectivity index (χ0n) is 18.6. The number of amides is 1. The molecule has 1 N–H and O–H groups in total. The Morgan fingerprint density at radius 3 is 2.27 bits per heavy atom. The van der Waals surface area contributed by atoms with Crippen molar-refractivity contribution in [3.63, 3.8) is 0 Å². The van der Waals surface area contributed by atoms with Gasteiger partial charge in [-0.05, 0) is 83.3 Å². The summed E-state index contributed by atoms with van der Waals surface area (Å²) in [5, 5.41) is 9.50. The lowest BCUT2D eigenvalue weighted by atomic mass is 9.68. The van der Waals surface area contributed by atoms with E-state index in [2.05, 4.69) is 6.07 Å². The zero-order valence-corrected chi connectivity index (χ0v) is 18.6. The Kier molecular flexibility index (Phi) is 6.91. The molecule has 1 aliphatic heterocycles. The molecule has 1 heterocycles. The molecule has 1 aromatic rings. The molecule has 7 heteroatoms. The number of rotatable bonds is 7. The Morgan fingerprint density at radius 2 is 1.73 bits per heavy atom. The highest BCUT2D eigenvalue weighted by molar-refractivity contribution is 5.80. The lowest BCUT2D eigenvalue weighted by Gasteiger charge is -2.51. The first-order valence-corrected chi connectivity index (χ1v) is 10.9. The summed E-state index contributed by atoms with van der Waals surface area (Å²) in [5.41, 5.74) is 1.78. The van der Waals surface area contributed by atoms with Crippen LogP contribution in [-0.2, 0) is 21.5 Å². The van der Waals surface area contributed by atoms with Gasteiger partial charge < -0.3 is 24.4 Å². The fourth-order valence-electron chi connectivity index (χ4n) is 4.97. The average molecular weight is 419 g/mol. The molecule has 0 unspecified atom stereocenters. The smallest absolute Gasteiger partial charge is 0.306 e. The van der Waals surface area contributed by atoms with Crippen LogP contribution in [0.4, 0.5) is 0 Å². The predicted octanol–water partition coefficient (Wildman–Crippen LogP) is 2.90. The van der Waals surface area contributed by atoms with Gasteiger partial charge in [0.05, 0.1) is 31.2 Å². The molecular weight excluding hydrogens is 384 g/mol. The average Bonchev–Trinajstić information content (AvgIpc) is 2.69. The van der Waals surface area contributed by atoms with Crippen LogP contribution >= 0.6 is 0 Å². The Morgan fingerprint density at radius 1 is 1.13 bits per heavy atom. The van der Waals surface area contributed by atoms with Crippen molar-refractivity contribution >= 4 is 11.9 Å². The summed E-state index contributed by atoms with van der Waals surface area (Å²) in [5.74, 6) is 0.432. The molecule has 1 spiro atoms. The number of fused-ring (bicyclic) bond motifs is 2. The molecule has 3 rings (SSSR count). The molecule has 0 aromatic heterocycles. The van der Waals surface area contributed by atoms with E-state index < -0.39 is 11.5 Å². The van der Waals surface area contributed by atoms with Crippen molar-refractivity contribution in [2.24, 2.45) is 5.92 Å². The van der Waals surface area contributed by atoms with Crippen molar-refractivity contribution in [3.05, 3.63) is 23.3 Å². The topological polar surface area (TPSA) is 79.3 Å². The van der Waals surface area contributed by atoms with E-state index in [1.165, 1.54) is 5.56 Å². The maximum atomic E-state index is 13.2. The minimum Gasteiger partial charge on any atom is -0.490 e. The number of aliphatic carboxylic acids is 1. The van der Waals surface area contributed by atoms with Crippen LogP contribution in [0, 0.1) is 5.92 Å². The van der Waals surface area contributed by atoms with Crippen LogP contribution in [0.15, 0.2) is 12.1 Å². The van der Waals surface area contributed by atoms with Gasteiger partial charge in [-0.3, -0.25) is 9.59 Å². The fraction of sp³-hybridized carbons (Fsp3) is 0.652. The van der Waals surface area contributed by atoms with Gasteiger partial charge in [-0.15, -0.1) is 0 Å². The van der Waals surface area contributed by atoms with Crippen molar-refractivity contribution in [2.45, 2.75) is 51.5 Å². The quantitative estimate of drug-likeness (QED) is 0.734. The molecule has 0 atom stereocenters. The van der Waals surface area contributed by atoms with E-state index in [1.807, 2.05) is 43.8 Å². The monoisotopic (exact) mass is 418 g/mol. The third-order valence-corrected chi connectivity index (χ3v) is 6.31. The van der Waals surface area contributed by atoms with Crippen LogP contribution < -0.4 is 9.47 Å². The maximum absolute atomic E-state index is 13.2. The summed E-state index contributed by atoms with van der Waals surface area (Å²) in [6, 6.07) is 4.10.